The van der Waals surface area contributed by atoms with E-state index in [2.05, 4.69) is 5.32 Å². The number of methoxy groups -OCH3 is 1. The summed E-state index contributed by atoms with van der Waals surface area (Å²) in [5.74, 6) is 1.31. The van der Waals surface area contributed by atoms with Crippen LogP contribution in [0.1, 0.15) is 45.2 Å². The largest absolute Gasteiger partial charge is 0.497 e. The third-order valence-corrected chi connectivity index (χ3v) is 6.58. The Balaban J connectivity index is 2.18. The summed E-state index contributed by atoms with van der Waals surface area (Å²) in [6.45, 7) is 8.03. The molecular weight excluding hydrogens is 479 g/mol. The van der Waals surface area contributed by atoms with Crippen molar-refractivity contribution in [3.05, 3.63) is 63.6 Å². The SMILES string of the molecule is CC[C@H](C(=O)NC(C)(C)C)N(Cc1cccc(OC)c1)C(=O)CSCc1ccc(Cl)c(Cl)c1. The fourth-order valence-electron chi connectivity index (χ4n) is 3.31. The Hall–Kier alpha value is -1.89. The highest BCUT2D eigenvalue weighted by molar-refractivity contribution is 7.99. The number of amides is 2. The van der Waals surface area contributed by atoms with Crippen molar-refractivity contribution in [1.82, 2.24) is 10.2 Å². The van der Waals surface area contributed by atoms with Crippen LogP contribution in [0.25, 0.3) is 0 Å². The van der Waals surface area contributed by atoms with E-state index in [9.17, 15) is 9.59 Å². The van der Waals surface area contributed by atoms with Gasteiger partial charge in [0, 0.05) is 17.8 Å². The Bertz CT molecular complexity index is 963. The van der Waals surface area contributed by atoms with Crippen LogP contribution in [0.15, 0.2) is 42.5 Å². The van der Waals surface area contributed by atoms with Gasteiger partial charge in [-0.3, -0.25) is 9.59 Å². The second-order valence-corrected chi connectivity index (χ2v) is 10.6. The van der Waals surface area contributed by atoms with Crippen LogP contribution in [0.3, 0.4) is 0 Å². The molecular formula is C25H32Cl2N2O3S. The van der Waals surface area contributed by atoms with Gasteiger partial charge in [-0.05, 0) is 62.6 Å². The molecule has 0 radical (unpaired) electrons. The number of hydrogen-bond donors (Lipinski definition) is 1. The molecule has 5 nitrogen and oxygen atoms in total. The first-order valence-corrected chi connectivity index (χ1v) is 12.7. The Labute approximate surface area is 211 Å². The van der Waals surface area contributed by atoms with Gasteiger partial charge < -0.3 is 15.0 Å². The molecule has 2 aromatic carbocycles. The average Bonchev–Trinajstić information content (AvgIpc) is 2.75. The number of carbonyl (C=O) groups excluding carboxylic acids is 2. The van der Waals surface area contributed by atoms with Crippen molar-refractivity contribution >= 4 is 46.8 Å². The standard InChI is InChI=1S/C25H32Cl2N2O3S/c1-6-22(24(31)28-25(2,3)4)29(14-17-8-7-9-19(12-17)32-5)23(30)16-33-15-18-10-11-20(26)21(27)13-18/h7-13,22H,6,14-16H2,1-5H3,(H,28,31)/t22-/m1/s1. The number of benzene rings is 2. The molecule has 8 heteroatoms. The molecule has 2 amide bonds. The van der Waals surface area contributed by atoms with E-state index >= 15 is 0 Å². The summed E-state index contributed by atoms with van der Waals surface area (Å²) in [5.41, 5.74) is 1.50. The van der Waals surface area contributed by atoms with Crippen molar-refractivity contribution in [1.29, 1.82) is 0 Å². The molecule has 2 rings (SSSR count). The summed E-state index contributed by atoms with van der Waals surface area (Å²) in [7, 11) is 1.60. The first-order valence-electron chi connectivity index (χ1n) is 10.8. The van der Waals surface area contributed by atoms with Gasteiger partial charge in [0.1, 0.15) is 11.8 Å². The van der Waals surface area contributed by atoms with Gasteiger partial charge in [0.2, 0.25) is 11.8 Å². The first-order chi connectivity index (χ1) is 15.5. The monoisotopic (exact) mass is 510 g/mol. The number of ether oxygens (including phenoxy) is 1. The van der Waals surface area contributed by atoms with Crippen molar-refractivity contribution in [2.75, 3.05) is 12.9 Å². The highest BCUT2D eigenvalue weighted by Crippen LogP contribution is 2.25. The van der Waals surface area contributed by atoms with E-state index in [0.29, 0.717) is 34.5 Å². The number of nitrogens with zero attached hydrogens (tertiary/aromatic N) is 1. The van der Waals surface area contributed by atoms with E-state index in [0.717, 1.165) is 11.1 Å². The van der Waals surface area contributed by atoms with Gasteiger partial charge in [-0.15, -0.1) is 11.8 Å². The van der Waals surface area contributed by atoms with Gasteiger partial charge in [-0.1, -0.05) is 48.3 Å². The van der Waals surface area contributed by atoms with Gasteiger partial charge in [0.25, 0.3) is 0 Å². The fraction of sp³-hybridized carbons (Fsp3) is 0.440. The molecule has 2 aromatic rings. The molecule has 1 atom stereocenters. The maximum atomic E-state index is 13.3. The molecule has 33 heavy (non-hydrogen) atoms. The second-order valence-electron chi connectivity index (χ2n) is 8.78. The highest BCUT2D eigenvalue weighted by atomic mass is 35.5. The quantitative estimate of drug-likeness (QED) is 0.428. The lowest BCUT2D eigenvalue weighted by molar-refractivity contribution is -0.140. The van der Waals surface area contributed by atoms with Crippen molar-refractivity contribution in [3.8, 4) is 5.75 Å². The van der Waals surface area contributed by atoms with Crippen LogP contribution in [0.4, 0.5) is 0 Å². The summed E-state index contributed by atoms with van der Waals surface area (Å²) >= 11 is 13.6. The summed E-state index contributed by atoms with van der Waals surface area (Å²) in [4.78, 5) is 28.0. The minimum Gasteiger partial charge on any atom is -0.497 e. The maximum Gasteiger partial charge on any atom is 0.243 e. The molecule has 1 N–H and O–H groups in total. The van der Waals surface area contributed by atoms with Gasteiger partial charge in [0.15, 0.2) is 0 Å². The predicted molar refractivity (Wildman–Crippen MR) is 138 cm³/mol. The minimum atomic E-state index is -0.575. The molecule has 0 aromatic heterocycles. The molecule has 180 valence electrons. The average molecular weight is 512 g/mol. The number of rotatable bonds is 10. The number of hydrogen-bond acceptors (Lipinski definition) is 4. The Morgan fingerprint density at radius 2 is 1.82 bits per heavy atom. The van der Waals surface area contributed by atoms with Crippen molar-refractivity contribution in [2.24, 2.45) is 0 Å². The van der Waals surface area contributed by atoms with Crippen LogP contribution in [0, 0.1) is 0 Å². The summed E-state index contributed by atoms with van der Waals surface area (Å²) in [5, 5.41) is 4.01. The van der Waals surface area contributed by atoms with Gasteiger partial charge in [-0.25, -0.2) is 0 Å². The minimum absolute atomic E-state index is 0.0983. The van der Waals surface area contributed by atoms with E-state index < -0.39 is 11.6 Å². The third-order valence-electron chi connectivity index (χ3n) is 4.85. The van der Waals surface area contributed by atoms with E-state index in [-0.39, 0.29) is 17.6 Å². The van der Waals surface area contributed by atoms with Crippen molar-refractivity contribution < 1.29 is 14.3 Å². The molecule has 0 aliphatic carbocycles. The number of nitrogens with one attached hydrogen (secondary N) is 1. The van der Waals surface area contributed by atoms with Gasteiger partial charge >= 0.3 is 0 Å². The number of thioether (sulfide) groups is 1. The molecule has 0 saturated carbocycles. The third kappa shape index (κ3) is 8.76. The molecule has 0 spiro atoms. The Kier molecular flexibility index (Phi) is 10.4. The number of halogens is 2. The van der Waals surface area contributed by atoms with Crippen molar-refractivity contribution in [3.63, 3.8) is 0 Å². The topological polar surface area (TPSA) is 58.6 Å². The zero-order valence-electron chi connectivity index (χ0n) is 19.8. The number of carbonyl (C=O) groups is 2. The molecule has 0 aliphatic rings. The van der Waals surface area contributed by atoms with Gasteiger partial charge in [0.05, 0.1) is 22.9 Å². The van der Waals surface area contributed by atoms with E-state index in [4.69, 9.17) is 27.9 Å². The van der Waals surface area contributed by atoms with Gasteiger partial charge in [-0.2, -0.15) is 0 Å². The molecule has 0 heterocycles. The molecule has 0 aliphatic heterocycles. The lowest BCUT2D eigenvalue weighted by Crippen LogP contribution is -2.53. The second kappa shape index (κ2) is 12.5. The Morgan fingerprint density at radius 1 is 1.09 bits per heavy atom. The molecule has 0 unspecified atom stereocenters. The fourth-order valence-corrected chi connectivity index (χ4v) is 4.49. The van der Waals surface area contributed by atoms with Crippen LogP contribution in [0.5, 0.6) is 5.75 Å². The lowest BCUT2D eigenvalue weighted by atomic mass is 10.1. The first kappa shape index (κ1) is 27.4. The molecule has 0 saturated heterocycles. The van der Waals surface area contributed by atoms with Crippen LogP contribution in [-0.4, -0.2) is 41.2 Å². The zero-order chi connectivity index (χ0) is 24.6. The normalized spacial score (nSPS) is 12.2. The van der Waals surface area contributed by atoms with Crippen LogP contribution >= 0.6 is 35.0 Å². The molecule has 0 fully saturated rings. The van der Waals surface area contributed by atoms with Crippen LogP contribution in [-0.2, 0) is 21.9 Å². The highest BCUT2D eigenvalue weighted by Gasteiger charge is 2.30. The summed E-state index contributed by atoms with van der Waals surface area (Å²) in [6, 6.07) is 12.4. The smallest absolute Gasteiger partial charge is 0.243 e. The predicted octanol–water partition coefficient (Wildman–Crippen LogP) is 5.96. The molecule has 0 bridgehead atoms. The zero-order valence-corrected chi connectivity index (χ0v) is 22.1. The lowest BCUT2D eigenvalue weighted by Gasteiger charge is -2.33. The Morgan fingerprint density at radius 3 is 2.42 bits per heavy atom. The maximum absolute atomic E-state index is 13.3. The van der Waals surface area contributed by atoms with Crippen LogP contribution in [0.2, 0.25) is 10.0 Å². The van der Waals surface area contributed by atoms with Crippen LogP contribution < -0.4 is 10.1 Å². The van der Waals surface area contributed by atoms with E-state index in [1.165, 1.54) is 11.8 Å². The van der Waals surface area contributed by atoms with E-state index in [1.54, 1.807) is 24.1 Å². The van der Waals surface area contributed by atoms with E-state index in [1.807, 2.05) is 58.0 Å². The summed E-state index contributed by atoms with van der Waals surface area (Å²) < 4.78 is 5.32. The summed E-state index contributed by atoms with van der Waals surface area (Å²) in [6.07, 6.45) is 0.509. The van der Waals surface area contributed by atoms with Crippen molar-refractivity contribution in [2.45, 2.75) is 58.0 Å².